The van der Waals surface area contributed by atoms with Gasteiger partial charge in [-0.05, 0) is 57.5 Å². The summed E-state index contributed by atoms with van der Waals surface area (Å²) in [6.07, 6.45) is 3.13. The van der Waals surface area contributed by atoms with Crippen LogP contribution in [0.3, 0.4) is 0 Å². The van der Waals surface area contributed by atoms with Gasteiger partial charge in [0.25, 0.3) is 11.8 Å². The SMILES string of the molecule is CC(C)NC(=O)c1ccc(/C=N/Nc2ccc(C(=O)NC(C)C)cn2)cc1. The number of nitrogens with zero attached hydrogens (tertiary/aromatic N) is 2. The first-order chi connectivity index (χ1) is 12.8. The van der Waals surface area contributed by atoms with Crippen LogP contribution in [0.25, 0.3) is 0 Å². The van der Waals surface area contributed by atoms with Crippen molar-refractivity contribution in [1.82, 2.24) is 15.6 Å². The number of benzene rings is 1. The van der Waals surface area contributed by atoms with E-state index in [1.807, 2.05) is 39.8 Å². The van der Waals surface area contributed by atoms with Crippen molar-refractivity contribution in [3.05, 3.63) is 59.3 Å². The van der Waals surface area contributed by atoms with Crippen molar-refractivity contribution < 1.29 is 9.59 Å². The molecule has 0 radical (unpaired) electrons. The average molecular weight is 367 g/mol. The van der Waals surface area contributed by atoms with Crippen molar-refractivity contribution in [2.75, 3.05) is 5.43 Å². The van der Waals surface area contributed by atoms with Crippen LogP contribution in [0.1, 0.15) is 54.0 Å². The first-order valence-corrected chi connectivity index (χ1v) is 8.82. The molecule has 0 saturated carbocycles. The Bertz CT molecular complexity index is 796. The maximum absolute atomic E-state index is 11.9. The van der Waals surface area contributed by atoms with E-state index in [0.717, 1.165) is 5.56 Å². The fourth-order valence-corrected chi connectivity index (χ4v) is 2.18. The Morgan fingerprint density at radius 2 is 1.44 bits per heavy atom. The molecule has 0 aliphatic rings. The van der Waals surface area contributed by atoms with Crippen molar-refractivity contribution in [3.63, 3.8) is 0 Å². The summed E-state index contributed by atoms with van der Waals surface area (Å²) in [7, 11) is 0. The van der Waals surface area contributed by atoms with Crippen LogP contribution in [-0.2, 0) is 0 Å². The first-order valence-electron chi connectivity index (χ1n) is 8.82. The Hall–Kier alpha value is -3.22. The van der Waals surface area contributed by atoms with Gasteiger partial charge in [-0.15, -0.1) is 0 Å². The van der Waals surface area contributed by atoms with Gasteiger partial charge in [0.05, 0.1) is 11.8 Å². The van der Waals surface area contributed by atoms with Crippen LogP contribution < -0.4 is 16.1 Å². The number of hydrogen-bond donors (Lipinski definition) is 3. The number of nitrogens with one attached hydrogen (secondary N) is 3. The van der Waals surface area contributed by atoms with E-state index in [2.05, 4.69) is 26.1 Å². The fraction of sp³-hybridized carbons (Fsp3) is 0.300. The van der Waals surface area contributed by atoms with E-state index in [4.69, 9.17) is 0 Å². The van der Waals surface area contributed by atoms with E-state index in [0.29, 0.717) is 16.9 Å². The van der Waals surface area contributed by atoms with Crippen molar-refractivity contribution in [3.8, 4) is 0 Å². The fourth-order valence-electron chi connectivity index (χ4n) is 2.18. The number of carbonyl (C=O) groups is 2. The number of pyridine rings is 1. The lowest BCUT2D eigenvalue weighted by molar-refractivity contribution is 0.0934. The summed E-state index contributed by atoms with van der Waals surface area (Å²) in [6, 6.07) is 10.7. The highest BCUT2D eigenvalue weighted by molar-refractivity contribution is 5.95. The molecule has 1 heterocycles. The zero-order chi connectivity index (χ0) is 19.8. The molecule has 0 saturated heterocycles. The summed E-state index contributed by atoms with van der Waals surface area (Å²) < 4.78 is 0. The quantitative estimate of drug-likeness (QED) is 0.518. The third kappa shape index (κ3) is 6.54. The molecule has 0 atom stereocenters. The van der Waals surface area contributed by atoms with Gasteiger partial charge < -0.3 is 10.6 Å². The predicted molar refractivity (Wildman–Crippen MR) is 107 cm³/mol. The monoisotopic (exact) mass is 367 g/mol. The Labute approximate surface area is 159 Å². The van der Waals surface area contributed by atoms with Crippen LogP contribution in [-0.4, -0.2) is 35.1 Å². The third-order valence-corrected chi connectivity index (χ3v) is 3.43. The summed E-state index contributed by atoms with van der Waals surface area (Å²) >= 11 is 0. The highest BCUT2D eigenvalue weighted by atomic mass is 16.2. The molecule has 2 amide bonds. The van der Waals surface area contributed by atoms with E-state index in [1.54, 1.807) is 30.5 Å². The number of rotatable bonds is 7. The summed E-state index contributed by atoms with van der Waals surface area (Å²) in [6.45, 7) is 7.64. The van der Waals surface area contributed by atoms with Crippen LogP contribution in [0, 0.1) is 0 Å². The molecular weight excluding hydrogens is 342 g/mol. The van der Waals surface area contributed by atoms with Crippen LogP contribution in [0.15, 0.2) is 47.7 Å². The van der Waals surface area contributed by atoms with E-state index in [-0.39, 0.29) is 23.9 Å². The third-order valence-electron chi connectivity index (χ3n) is 3.43. The molecule has 0 fully saturated rings. The maximum atomic E-state index is 11.9. The predicted octanol–water partition coefficient (Wildman–Crippen LogP) is 2.80. The van der Waals surface area contributed by atoms with Crippen LogP contribution in [0.4, 0.5) is 5.82 Å². The van der Waals surface area contributed by atoms with E-state index >= 15 is 0 Å². The van der Waals surface area contributed by atoms with Gasteiger partial charge in [0, 0.05) is 23.8 Å². The lowest BCUT2D eigenvalue weighted by Crippen LogP contribution is -2.30. The van der Waals surface area contributed by atoms with Crippen molar-refractivity contribution in [1.29, 1.82) is 0 Å². The maximum Gasteiger partial charge on any atom is 0.253 e. The Morgan fingerprint density at radius 3 is 1.96 bits per heavy atom. The van der Waals surface area contributed by atoms with E-state index in [9.17, 15) is 9.59 Å². The van der Waals surface area contributed by atoms with Gasteiger partial charge in [-0.3, -0.25) is 15.0 Å². The number of amides is 2. The van der Waals surface area contributed by atoms with Crippen molar-refractivity contribution in [2.24, 2.45) is 5.10 Å². The standard InChI is InChI=1S/C20H25N5O2/c1-13(2)23-19(26)16-7-5-15(6-8-16)11-22-25-18-10-9-17(12-21-18)20(27)24-14(3)4/h5-14H,1-4H3,(H,21,25)(H,23,26)(H,24,27)/b22-11+. The van der Waals surface area contributed by atoms with Gasteiger partial charge in [-0.25, -0.2) is 4.98 Å². The number of carbonyl (C=O) groups excluding carboxylic acids is 2. The zero-order valence-electron chi connectivity index (χ0n) is 16.0. The highest BCUT2D eigenvalue weighted by Gasteiger charge is 2.07. The second-order valence-electron chi connectivity index (χ2n) is 6.68. The molecule has 3 N–H and O–H groups in total. The second kappa shape index (κ2) is 9.47. The van der Waals surface area contributed by atoms with Crippen LogP contribution in [0.5, 0.6) is 0 Å². The first kappa shape index (κ1) is 20.1. The largest absolute Gasteiger partial charge is 0.350 e. The molecule has 0 spiro atoms. The minimum Gasteiger partial charge on any atom is -0.350 e. The molecular formula is C20H25N5O2. The Balaban J connectivity index is 1.91. The van der Waals surface area contributed by atoms with Gasteiger partial charge >= 0.3 is 0 Å². The molecule has 0 bridgehead atoms. The summed E-state index contributed by atoms with van der Waals surface area (Å²) in [4.78, 5) is 27.9. The molecule has 27 heavy (non-hydrogen) atoms. The minimum atomic E-state index is -0.158. The normalized spacial score (nSPS) is 11.0. The summed E-state index contributed by atoms with van der Waals surface area (Å²) in [5.41, 5.74) is 4.75. The van der Waals surface area contributed by atoms with Crippen molar-refractivity contribution in [2.45, 2.75) is 39.8 Å². The molecule has 7 nitrogen and oxygen atoms in total. The van der Waals surface area contributed by atoms with Gasteiger partial charge in [0.15, 0.2) is 0 Å². The smallest absolute Gasteiger partial charge is 0.253 e. The number of aromatic nitrogens is 1. The second-order valence-corrected chi connectivity index (χ2v) is 6.68. The van der Waals surface area contributed by atoms with Crippen LogP contribution in [0.2, 0.25) is 0 Å². The van der Waals surface area contributed by atoms with Gasteiger partial charge in [-0.1, -0.05) is 12.1 Å². The molecule has 1 aromatic heterocycles. The highest BCUT2D eigenvalue weighted by Crippen LogP contribution is 2.06. The molecule has 0 aliphatic heterocycles. The zero-order valence-corrected chi connectivity index (χ0v) is 16.0. The minimum absolute atomic E-state index is 0.0720. The molecule has 2 aromatic rings. The topological polar surface area (TPSA) is 95.5 Å². The summed E-state index contributed by atoms with van der Waals surface area (Å²) in [5, 5.41) is 9.77. The van der Waals surface area contributed by atoms with E-state index < -0.39 is 0 Å². The molecule has 0 aliphatic carbocycles. The Morgan fingerprint density at radius 1 is 0.889 bits per heavy atom. The lowest BCUT2D eigenvalue weighted by atomic mass is 10.1. The molecule has 7 heteroatoms. The number of hydrazone groups is 1. The number of anilines is 1. The van der Waals surface area contributed by atoms with Gasteiger partial charge in [0.1, 0.15) is 5.82 Å². The lowest BCUT2D eigenvalue weighted by Gasteiger charge is -2.08. The molecule has 1 aromatic carbocycles. The van der Waals surface area contributed by atoms with Gasteiger partial charge in [-0.2, -0.15) is 5.10 Å². The van der Waals surface area contributed by atoms with Crippen LogP contribution >= 0.6 is 0 Å². The van der Waals surface area contributed by atoms with E-state index in [1.165, 1.54) is 6.20 Å². The summed E-state index contributed by atoms with van der Waals surface area (Å²) in [5.74, 6) is 0.270. The molecule has 0 unspecified atom stereocenters. The molecule has 142 valence electrons. The average Bonchev–Trinajstić information content (AvgIpc) is 2.61. The molecule has 2 rings (SSSR count). The van der Waals surface area contributed by atoms with Crippen molar-refractivity contribution >= 4 is 23.8 Å². The van der Waals surface area contributed by atoms with Gasteiger partial charge in [0.2, 0.25) is 0 Å². The number of hydrogen-bond acceptors (Lipinski definition) is 5. The Kier molecular flexibility index (Phi) is 7.05.